The molecule has 3 heterocycles. The van der Waals surface area contributed by atoms with Crippen LogP contribution in [0.3, 0.4) is 0 Å². The average Bonchev–Trinajstić information content (AvgIpc) is 3.40. The number of fused-ring (bicyclic) bond motifs is 1. The Balaban J connectivity index is 1.47. The third kappa shape index (κ3) is 4.06. The van der Waals surface area contributed by atoms with Crippen molar-refractivity contribution in [3.8, 4) is 0 Å². The minimum Gasteiger partial charge on any atom is -0.355 e. The maximum atomic E-state index is 12.6. The highest BCUT2D eigenvalue weighted by Gasteiger charge is 2.20. The summed E-state index contributed by atoms with van der Waals surface area (Å²) < 4.78 is 1.67. The van der Waals surface area contributed by atoms with Gasteiger partial charge in [0.05, 0.1) is 12.7 Å². The molecule has 0 spiro atoms. The van der Waals surface area contributed by atoms with Crippen molar-refractivity contribution < 1.29 is 9.59 Å². The van der Waals surface area contributed by atoms with Crippen molar-refractivity contribution in [3.63, 3.8) is 0 Å². The highest BCUT2D eigenvalue weighted by molar-refractivity contribution is 5.98. The van der Waals surface area contributed by atoms with Gasteiger partial charge in [0.25, 0.3) is 5.91 Å². The molecule has 1 aliphatic rings. The van der Waals surface area contributed by atoms with E-state index in [0.717, 1.165) is 35.1 Å². The van der Waals surface area contributed by atoms with E-state index in [1.54, 1.807) is 36.1 Å². The van der Waals surface area contributed by atoms with Crippen molar-refractivity contribution in [1.82, 2.24) is 29.8 Å². The van der Waals surface area contributed by atoms with Crippen LogP contribution in [-0.2, 0) is 11.3 Å². The monoisotopic (exact) mass is 392 g/mol. The summed E-state index contributed by atoms with van der Waals surface area (Å²) in [6.07, 6.45) is 6.77. The zero-order valence-corrected chi connectivity index (χ0v) is 16.6. The van der Waals surface area contributed by atoms with Crippen LogP contribution in [0.15, 0.2) is 42.7 Å². The van der Waals surface area contributed by atoms with Gasteiger partial charge in [-0.3, -0.25) is 14.3 Å². The van der Waals surface area contributed by atoms with E-state index in [9.17, 15) is 9.59 Å². The van der Waals surface area contributed by atoms with Crippen LogP contribution in [0.4, 0.5) is 0 Å². The Kier molecular flexibility index (Phi) is 5.16. The first-order valence-corrected chi connectivity index (χ1v) is 9.67. The number of aryl methyl sites for hydroxylation is 1. The molecule has 8 nitrogen and oxygen atoms in total. The van der Waals surface area contributed by atoms with E-state index in [1.807, 2.05) is 23.1 Å². The maximum absolute atomic E-state index is 12.6. The number of carbonyl (C=O) groups excluding carboxylic acids is 2. The number of benzene rings is 1. The highest BCUT2D eigenvalue weighted by Crippen LogP contribution is 2.25. The summed E-state index contributed by atoms with van der Waals surface area (Å²) in [5.41, 5.74) is 3.73. The molecule has 1 N–H and O–H groups in total. The van der Waals surface area contributed by atoms with Crippen molar-refractivity contribution in [2.24, 2.45) is 0 Å². The number of hydrogen-bond acceptors (Lipinski definition) is 4. The molecular formula is C21H24N6O2. The van der Waals surface area contributed by atoms with Gasteiger partial charge in [-0.05, 0) is 36.3 Å². The van der Waals surface area contributed by atoms with Crippen molar-refractivity contribution >= 4 is 28.3 Å². The smallest absolute Gasteiger partial charge is 0.253 e. The Hall–Kier alpha value is -3.42. The van der Waals surface area contributed by atoms with Crippen molar-refractivity contribution in [3.05, 3.63) is 54.0 Å². The topological polar surface area (TPSA) is 87.1 Å². The molecule has 0 saturated heterocycles. The highest BCUT2D eigenvalue weighted by atomic mass is 16.2. The molecule has 0 unspecified atom stereocenters. The number of nitrogens with zero attached hydrogens (tertiary/aromatic N) is 5. The lowest BCUT2D eigenvalue weighted by atomic mass is 10.1. The number of aromatic nitrogens is 4. The third-order valence-electron chi connectivity index (χ3n) is 5.15. The molecule has 0 aliphatic carbocycles. The predicted molar refractivity (Wildman–Crippen MR) is 110 cm³/mol. The van der Waals surface area contributed by atoms with E-state index in [2.05, 4.69) is 27.4 Å². The Morgan fingerprint density at radius 2 is 2.10 bits per heavy atom. The largest absolute Gasteiger partial charge is 0.355 e. The molecule has 4 rings (SSSR count). The maximum Gasteiger partial charge on any atom is 0.253 e. The third-order valence-corrected chi connectivity index (χ3v) is 5.15. The minimum atomic E-state index is -0.0179. The SMILES string of the molecule is CN(C)C(=O)c1ccc2[nH]c(C3=CCCN(C(=O)CCn4ccnn4)C3)cc2c1. The standard InChI is InChI=1S/C21H24N6O2/c1-25(2)21(29)15-5-6-18-17(12-15)13-19(23-18)16-4-3-9-26(14-16)20(28)7-10-27-11-8-22-24-27/h4-6,8,11-13,23H,3,7,9-10,14H2,1-2H3. The van der Waals surface area contributed by atoms with Gasteiger partial charge in [0.2, 0.25) is 5.91 Å². The Labute approximate surface area is 168 Å². The number of carbonyl (C=O) groups is 2. The molecule has 0 fully saturated rings. The van der Waals surface area contributed by atoms with Gasteiger partial charge in [-0.25, -0.2) is 0 Å². The Morgan fingerprint density at radius 1 is 1.24 bits per heavy atom. The molecular weight excluding hydrogens is 368 g/mol. The van der Waals surface area contributed by atoms with Crippen molar-refractivity contribution in [2.45, 2.75) is 19.4 Å². The molecule has 0 atom stereocenters. The van der Waals surface area contributed by atoms with Crippen LogP contribution < -0.4 is 0 Å². The van der Waals surface area contributed by atoms with Crippen LogP contribution in [0, 0.1) is 0 Å². The molecule has 0 radical (unpaired) electrons. The van der Waals surface area contributed by atoms with Crippen LogP contribution in [0.1, 0.15) is 28.9 Å². The fraction of sp³-hybridized carbons (Fsp3) is 0.333. The predicted octanol–water partition coefficient (Wildman–Crippen LogP) is 2.17. The number of hydrogen-bond donors (Lipinski definition) is 1. The van der Waals surface area contributed by atoms with Gasteiger partial charge in [0.15, 0.2) is 0 Å². The Bertz CT molecular complexity index is 1060. The van der Waals surface area contributed by atoms with E-state index in [-0.39, 0.29) is 11.8 Å². The second kappa shape index (κ2) is 7.90. The van der Waals surface area contributed by atoms with Gasteiger partial charge in [0.1, 0.15) is 0 Å². The summed E-state index contributed by atoms with van der Waals surface area (Å²) in [7, 11) is 3.49. The summed E-state index contributed by atoms with van der Waals surface area (Å²) in [6.45, 7) is 1.83. The van der Waals surface area contributed by atoms with Gasteiger partial charge in [-0.1, -0.05) is 11.3 Å². The Morgan fingerprint density at radius 3 is 2.86 bits per heavy atom. The van der Waals surface area contributed by atoms with Gasteiger partial charge < -0.3 is 14.8 Å². The molecule has 150 valence electrons. The van der Waals surface area contributed by atoms with Crippen LogP contribution >= 0.6 is 0 Å². The first-order chi connectivity index (χ1) is 14.0. The van der Waals surface area contributed by atoms with E-state index >= 15 is 0 Å². The molecule has 29 heavy (non-hydrogen) atoms. The summed E-state index contributed by atoms with van der Waals surface area (Å²) in [5, 5.41) is 8.65. The summed E-state index contributed by atoms with van der Waals surface area (Å²) in [5.74, 6) is 0.0942. The van der Waals surface area contributed by atoms with E-state index in [4.69, 9.17) is 0 Å². The van der Waals surface area contributed by atoms with Crippen LogP contribution in [0.25, 0.3) is 16.5 Å². The van der Waals surface area contributed by atoms with Gasteiger partial charge in [-0.15, -0.1) is 5.10 Å². The first-order valence-electron chi connectivity index (χ1n) is 9.67. The van der Waals surface area contributed by atoms with Gasteiger partial charge >= 0.3 is 0 Å². The second-order valence-electron chi connectivity index (χ2n) is 7.43. The van der Waals surface area contributed by atoms with Crippen LogP contribution in [0.2, 0.25) is 0 Å². The minimum absolute atomic E-state index is 0.0179. The zero-order chi connectivity index (χ0) is 20.4. The number of aromatic amines is 1. The molecule has 3 aromatic rings. The number of amides is 2. The van der Waals surface area contributed by atoms with Gasteiger partial charge in [-0.2, -0.15) is 0 Å². The fourth-order valence-corrected chi connectivity index (χ4v) is 3.57. The zero-order valence-electron chi connectivity index (χ0n) is 16.6. The van der Waals surface area contributed by atoms with Crippen LogP contribution in [0.5, 0.6) is 0 Å². The molecule has 8 heteroatoms. The second-order valence-corrected chi connectivity index (χ2v) is 7.43. The van der Waals surface area contributed by atoms with Crippen molar-refractivity contribution in [2.75, 3.05) is 27.2 Å². The van der Waals surface area contributed by atoms with Crippen molar-refractivity contribution in [1.29, 1.82) is 0 Å². The molecule has 2 aromatic heterocycles. The average molecular weight is 392 g/mol. The lowest BCUT2D eigenvalue weighted by Gasteiger charge is -2.27. The summed E-state index contributed by atoms with van der Waals surface area (Å²) >= 11 is 0. The molecule has 1 aromatic carbocycles. The lowest BCUT2D eigenvalue weighted by molar-refractivity contribution is -0.131. The number of H-pyrrole nitrogens is 1. The molecule has 0 saturated carbocycles. The molecule has 2 amide bonds. The molecule has 0 bridgehead atoms. The van der Waals surface area contributed by atoms with Crippen LogP contribution in [-0.4, -0.2) is 68.8 Å². The lowest BCUT2D eigenvalue weighted by Crippen LogP contribution is -2.36. The summed E-state index contributed by atoms with van der Waals surface area (Å²) in [4.78, 5) is 31.7. The van der Waals surface area contributed by atoms with E-state index in [1.165, 1.54) is 0 Å². The number of rotatable bonds is 5. The quantitative estimate of drug-likeness (QED) is 0.721. The van der Waals surface area contributed by atoms with E-state index < -0.39 is 0 Å². The summed E-state index contributed by atoms with van der Waals surface area (Å²) in [6, 6.07) is 7.72. The fourth-order valence-electron chi connectivity index (χ4n) is 3.57. The first kappa shape index (κ1) is 18.9. The normalized spacial score (nSPS) is 14.1. The van der Waals surface area contributed by atoms with E-state index in [0.29, 0.717) is 25.1 Å². The number of nitrogens with one attached hydrogen (secondary N) is 1. The van der Waals surface area contributed by atoms with Gasteiger partial charge in [0, 0.05) is 62.0 Å². The molecule has 1 aliphatic heterocycles.